The summed E-state index contributed by atoms with van der Waals surface area (Å²) in [6.07, 6.45) is 12.1. The van der Waals surface area contributed by atoms with Gasteiger partial charge in [-0.05, 0) is 80.5 Å². The Balaban J connectivity index is 0.000000228. The van der Waals surface area contributed by atoms with Gasteiger partial charge in [-0.25, -0.2) is 0 Å². The number of benzene rings is 1. The molecule has 1 aliphatic carbocycles. The lowest BCUT2D eigenvalue weighted by molar-refractivity contribution is 0.200. The fourth-order valence-corrected chi connectivity index (χ4v) is 3.16. The normalized spacial score (nSPS) is 13.8. The van der Waals surface area contributed by atoms with Gasteiger partial charge >= 0.3 is 0 Å². The predicted molar refractivity (Wildman–Crippen MR) is 107 cm³/mol. The summed E-state index contributed by atoms with van der Waals surface area (Å²) in [7, 11) is 1.70. The molecule has 4 nitrogen and oxygen atoms in total. The Labute approximate surface area is 157 Å². The number of methoxy groups -OCH3 is 1. The first-order chi connectivity index (χ1) is 12.8. The van der Waals surface area contributed by atoms with E-state index >= 15 is 0 Å². The average Bonchev–Trinajstić information content (AvgIpc) is 3.17. The van der Waals surface area contributed by atoms with Gasteiger partial charge in [0, 0.05) is 12.4 Å². The van der Waals surface area contributed by atoms with Gasteiger partial charge in [0.05, 0.1) is 13.2 Å². The van der Waals surface area contributed by atoms with E-state index in [4.69, 9.17) is 15.2 Å². The molecule has 2 aromatic rings. The quantitative estimate of drug-likeness (QED) is 0.790. The second kappa shape index (κ2) is 11.5. The van der Waals surface area contributed by atoms with Gasteiger partial charge in [-0.1, -0.05) is 19.4 Å². The Bertz CT molecular complexity index is 625. The fraction of sp³-hybridized carbons (Fsp3) is 0.500. The molecule has 3 rings (SSSR count). The van der Waals surface area contributed by atoms with Crippen molar-refractivity contribution in [3.05, 3.63) is 53.9 Å². The summed E-state index contributed by atoms with van der Waals surface area (Å²) in [5.74, 6) is 1.78. The number of hydrogen-bond acceptors (Lipinski definition) is 4. The maximum atomic E-state index is 6.06. The number of nitrogens with zero attached hydrogens (tertiary/aromatic N) is 1. The molecule has 1 saturated carbocycles. The molecule has 0 unspecified atom stereocenters. The van der Waals surface area contributed by atoms with E-state index in [1.165, 1.54) is 36.8 Å². The SMILES string of the molecule is CCCc1ccc(OC)c(OC2CCCC2)c1.NCCc1ccncc1. The van der Waals surface area contributed by atoms with Crippen LogP contribution in [0.1, 0.15) is 50.2 Å². The molecule has 1 aromatic carbocycles. The molecule has 1 aromatic heterocycles. The number of hydrogen-bond donors (Lipinski definition) is 1. The first kappa shape index (κ1) is 20.2. The van der Waals surface area contributed by atoms with Crippen LogP contribution >= 0.6 is 0 Å². The number of aromatic nitrogens is 1. The third-order valence-corrected chi connectivity index (χ3v) is 4.54. The monoisotopic (exact) mass is 356 g/mol. The highest BCUT2D eigenvalue weighted by Crippen LogP contribution is 2.32. The first-order valence-corrected chi connectivity index (χ1v) is 9.69. The van der Waals surface area contributed by atoms with Crippen molar-refractivity contribution in [3.63, 3.8) is 0 Å². The average molecular weight is 357 g/mol. The molecule has 26 heavy (non-hydrogen) atoms. The predicted octanol–water partition coefficient (Wildman–Crippen LogP) is 4.55. The van der Waals surface area contributed by atoms with Crippen molar-refractivity contribution in [2.75, 3.05) is 13.7 Å². The van der Waals surface area contributed by atoms with Crippen molar-refractivity contribution >= 4 is 0 Å². The molecule has 2 N–H and O–H groups in total. The summed E-state index contributed by atoms with van der Waals surface area (Å²) in [6, 6.07) is 10.2. The topological polar surface area (TPSA) is 57.4 Å². The third kappa shape index (κ3) is 6.68. The van der Waals surface area contributed by atoms with Crippen molar-refractivity contribution in [2.45, 2.75) is 58.0 Å². The summed E-state index contributed by atoms with van der Waals surface area (Å²) in [6.45, 7) is 2.91. The van der Waals surface area contributed by atoms with Crippen LogP contribution in [0.5, 0.6) is 11.5 Å². The van der Waals surface area contributed by atoms with Crippen LogP contribution in [0.2, 0.25) is 0 Å². The lowest BCUT2D eigenvalue weighted by Crippen LogP contribution is -2.11. The zero-order valence-corrected chi connectivity index (χ0v) is 16.1. The minimum Gasteiger partial charge on any atom is -0.493 e. The van der Waals surface area contributed by atoms with Crippen molar-refractivity contribution in [3.8, 4) is 11.5 Å². The molecule has 0 radical (unpaired) electrons. The van der Waals surface area contributed by atoms with Gasteiger partial charge in [-0.15, -0.1) is 0 Å². The van der Waals surface area contributed by atoms with Crippen LogP contribution in [-0.2, 0) is 12.8 Å². The van der Waals surface area contributed by atoms with Crippen LogP contribution in [0.15, 0.2) is 42.7 Å². The Morgan fingerprint density at radius 1 is 1.00 bits per heavy atom. The van der Waals surface area contributed by atoms with Gasteiger partial charge in [0.2, 0.25) is 0 Å². The Kier molecular flexibility index (Phi) is 8.98. The maximum Gasteiger partial charge on any atom is 0.161 e. The maximum absolute atomic E-state index is 6.06. The molecule has 142 valence electrons. The number of aryl methyl sites for hydroxylation is 1. The van der Waals surface area contributed by atoms with Crippen LogP contribution in [0.25, 0.3) is 0 Å². The number of nitrogens with two attached hydrogens (primary N) is 1. The zero-order valence-electron chi connectivity index (χ0n) is 16.1. The highest BCUT2D eigenvalue weighted by molar-refractivity contribution is 5.43. The molecule has 0 atom stereocenters. The molecule has 0 amide bonds. The summed E-state index contributed by atoms with van der Waals surface area (Å²) in [5.41, 5.74) is 7.93. The molecular formula is C22H32N2O2. The van der Waals surface area contributed by atoms with Crippen LogP contribution in [0, 0.1) is 0 Å². The van der Waals surface area contributed by atoms with Crippen molar-refractivity contribution in [1.29, 1.82) is 0 Å². The van der Waals surface area contributed by atoms with Crippen molar-refractivity contribution in [2.24, 2.45) is 5.73 Å². The molecule has 1 aliphatic rings. The summed E-state index contributed by atoms with van der Waals surface area (Å²) >= 11 is 0. The smallest absolute Gasteiger partial charge is 0.161 e. The van der Waals surface area contributed by atoms with Crippen LogP contribution in [-0.4, -0.2) is 24.7 Å². The third-order valence-electron chi connectivity index (χ3n) is 4.54. The summed E-state index contributed by atoms with van der Waals surface area (Å²) in [4.78, 5) is 3.89. The van der Waals surface area contributed by atoms with E-state index in [9.17, 15) is 0 Å². The van der Waals surface area contributed by atoms with Gasteiger partial charge in [-0.2, -0.15) is 0 Å². The largest absolute Gasteiger partial charge is 0.493 e. The molecule has 0 spiro atoms. The zero-order chi connectivity index (χ0) is 18.6. The van der Waals surface area contributed by atoms with Gasteiger partial charge < -0.3 is 15.2 Å². The van der Waals surface area contributed by atoms with E-state index < -0.39 is 0 Å². The molecule has 0 aliphatic heterocycles. The summed E-state index contributed by atoms with van der Waals surface area (Å²) in [5, 5.41) is 0. The molecule has 0 saturated heterocycles. The van der Waals surface area contributed by atoms with Crippen LogP contribution in [0.3, 0.4) is 0 Å². The van der Waals surface area contributed by atoms with E-state index in [-0.39, 0.29) is 0 Å². The molecular weight excluding hydrogens is 324 g/mol. The van der Waals surface area contributed by atoms with E-state index in [1.807, 2.05) is 18.2 Å². The second-order valence-electron chi connectivity index (χ2n) is 6.65. The Morgan fingerprint density at radius 3 is 2.35 bits per heavy atom. The van der Waals surface area contributed by atoms with Crippen LogP contribution < -0.4 is 15.2 Å². The van der Waals surface area contributed by atoms with Gasteiger partial charge in [0.1, 0.15) is 0 Å². The molecule has 4 heteroatoms. The standard InChI is InChI=1S/C15H22O2.C7H10N2/c1-3-6-12-9-10-14(16-2)15(11-12)17-13-7-4-5-8-13;8-4-1-7-2-5-9-6-3-7/h9-11,13H,3-8H2,1-2H3;2-3,5-6H,1,4,8H2. The first-order valence-electron chi connectivity index (χ1n) is 9.69. The highest BCUT2D eigenvalue weighted by atomic mass is 16.5. The summed E-state index contributed by atoms with van der Waals surface area (Å²) < 4.78 is 11.4. The van der Waals surface area contributed by atoms with E-state index in [0.29, 0.717) is 12.6 Å². The number of ether oxygens (including phenoxy) is 2. The van der Waals surface area contributed by atoms with Crippen molar-refractivity contribution in [1.82, 2.24) is 4.98 Å². The van der Waals surface area contributed by atoms with Crippen molar-refractivity contribution < 1.29 is 9.47 Å². The van der Waals surface area contributed by atoms with Crippen LogP contribution in [0.4, 0.5) is 0 Å². The number of rotatable bonds is 7. The Morgan fingerprint density at radius 2 is 1.73 bits per heavy atom. The lowest BCUT2D eigenvalue weighted by Gasteiger charge is -2.16. The minimum absolute atomic E-state index is 0.390. The second-order valence-corrected chi connectivity index (χ2v) is 6.65. The lowest BCUT2D eigenvalue weighted by atomic mass is 10.1. The van der Waals surface area contributed by atoms with E-state index in [1.54, 1.807) is 19.5 Å². The minimum atomic E-state index is 0.390. The van der Waals surface area contributed by atoms with Gasteiger partial charge in [0.15, 0.2) is 11.5 Å². The van der Waals surface area contributed by atoms with Gasteiger partial charge in [0.25, 0.3) is 0 Å². The molecule has 1 heterocycles. The van der Waals surface area contributed by atoms with E-state index in [0.717, 1.165) is 30.8 Å². The van der Waals surface area contributed by atoms with E-state index in [2.05, 4.69) is 24.0 Å². The fourth-order valence-electron chi connectivity index (χ4n) is 3.16. The highest BCUT2D eigenvalue weighted by Gasteiger charge is 2.18. The molecule has 0 bridgehead atoms. The molecule has 1 fully saturated rings. The van der Waals surface area contributed by atoms with Gasteiger partial charge in [-0.3, -0.25) is 4.98 Å². The number of pyridine rings is 1. The Hall–Kier alpha value is -2.07.